The van der Waals surface area contributed by atoms with E-state index in [1.807, 2.05) is 18.2 Å². The van der Waals surface area contributed by atoms with Crippen LogP contribution in [0, 0.1) is 11.3 Å². The van der Waals surface area contributed by atoms with Crippen molar-refractivity contribution in [1.82, 2.24) is 9.80 Å². The predicted octanol–water partition coefficient (Wildman–Crippen LogP) is 2.62. The van der Waals surface area contributed by atoms with Crippen molar-refractivity contribution in [2.45, 2.75) is 51.4 Å². The second-order valence-corrected chi connectivity index (χ2v) is 6.42. The monoisotopic (exact) mass is 269 g/mol. The molecule has 20 heavy (non-hydrogen) atoms. The van der Waals surface area contributed by atoms with Crippen LogP contribution in [0.15, 0.2) is 24.3 Å². The van der Waals surface area contributed by atoms with E-state index in [9.17, 15) is 0 Å². The van der Waals surface area contributed by atoms with Crippen LogP contribution < -0.4 is 0 Å². The second-order valence-electron chi connectivity index (χ2n) is 6.42. The number of hydrogen-bond acceptors (Lipinski definition) is 3. The third-order valence-electron chi connectivity index (χ3n) is 4.81. The molecule has 0 N–H and O–H groups in total. The van der Waals surface area contributed by atoms with Gasteiger partial charge in [0, 0.05) is 37.8 Å². The van der Waals surface area contributed by atoms with Crippen LogP contribution in [0.2, 0.25) is 0 Å². The summed E-state index contributed by atoms with van der Waals surface area (Å²) in [5, 5.41) is 9.01. The molecule has 3 nitrogen and oxygen atoms in total. The van der Waals surface area contributed by atoms with Gasteiger partial charge in [-0.2, -0.15) is 5.26 Å². The molecule has 1 aromatic carbocycles. The van der Waals surface area contributed by atoms with Gasteiger partial charge in [0.05, 0.1) is 11.6 Å². The molecule has 2 heterocycles. The lowest BCUT2D eigenvalue weighted by atomic mass is 10.1. The zero-order valence-electron chi connectivity index (χ0n) is 12.4. The molecule has 2 atom stereocenters. The fourth-order valence-corrected chi connectivity index (χ4v) is 3.65. The molecule has 106 valence electrons. The quantitative estimate of drug-likeness (QED) is 0.845. The first-order chi connectivity index (χ1) is 9.67. The van der Waals surface area contributed by atoms with Gasteiger partial charge in [-0.05, 0) is 44.4 Å². The number of nitriles is 1. The molecule has 3 rings (SSSR count). The van der Waals surface area contributed by atoms with Gasteiger partial charge in [0.25, 0.3) is 0 Å². The molecule has 0 spiro atoms. The molecular formula is C17H23N3. The lowest BCUT2D eigenvalue weighted by Crippen LogP contribution is -2.54. The van der Waals surface area contributed by atoms with Crippen molar-refractivity contribution in [3.63, 3.8) is 0 Å². The minimum absolute atomic E-state index is 0.655. The van der Waals surface area contributed by atoms with E-state index < -0.39 is 0 Å². The van der Waals surface area contributed by atoms with Crippen LogP contribution in [-0.4, -0.2) is 41.0 Å². The van der Waals surface area contributed by atoms with E-state index in [1.54, 1.807) is 0 Å². The maximum Gasteiger partial charge on any atom is 0.0991 e. The Hall–Kier alpha value is -1.37. The highest BCUT2D eigenvalue weighted by molar-refractivity contribution is 5.32. The summed E-state index contributed by atoms with van der Waals surface area (Å²) in [5.74, 6) is 0. The average molecular weight is 269 g/mol. The number of likely N-dealkylation sites (tertiary alicyclic amines) is 1. The summed E-state index contributed by atoms with van der Waals surface area (Å²) >= 11 is 0. The summed E-state index contributed by atoms with van der Waals surface area (Å²) in [4.78, 5) is 5.28. The molecule has 2 bridgehead atoms. The van der Waals surface area contributed by atoms with Crippen molar-refractivity contribution in [3.05, 3.63) is 35.4 Å². The molecular weight excluding hydrogens is 246 g/mol. The average Bonchev–Trinajstić information content (AvgIpc) is 2.69. The highest BCUT2D eigenvalue weighted by Gasteiger charge is 2.40. The normalized spacial score (nSPS) is 26.9. The molecule has 0 saturated carbocycles. The van der Waals surface area contributed by atoms with Gasteiger partial charge >= 0.3 is 0 Å². The van der Waals surface area contributed by atoms with E-state index >= 15 is 0 Å². The number of rotatable bonds is 3. The molecule has 1 aromatic rings. The Morgan fingerprint density at radius 3 is 2.55 bits per heavy atom. The highest BCUT2D eigenvalue weighted by atomic mass is 15.3. The van der Waals surface area contributed by atoms with E-state index in [0.717, 1.165) is 12.1 Å². The number of hydrogen-bond donors (Lipinski definition) is 0. The minimum atomic E-state index is 0.655. The molecule has 0 aliphatic carbocycles. The van der Waals surface area contributed by atoms with Crippen LogP contribution in [0.1, 0.15) is 37.8 Å². The third kappa shape index (κ3) is 2.59. The molecule has 2 saturated heterocycles. The first-order valence-corrected chi connectivity index (χ1v) is 7.66. The zero-order valence-corrected chi connectivity index (χ0v) is 12.4. The number of nitrogens with zero attached hydrogens (tertiary/aromatic N) is 3. The summed E-state index contributed by atoms with van der Waals surface area (Å²) in [5.41, 5.74) is 2.05. The number of benzene rings is 1. The third-order valence-corrected chi connectivity index (χ3v) is 4.81. The van der Waals surface area contributed by atoms with Crippen molar-refractivity contribution in [2.24, 2.45) is 0 Å². The van der Waals surface area contributed by atoms with Crippen LogP contribution in [0.3, 0.4) is 0 Å². The number of fused-ring (bicyclic) bond motifs is 2. The Morgan fingerprint density at radius 1 is 1.25 bits per heavy atom. The molecule has 2 fully saturated rings. The topological polar surface area (TPSA) is 30.3 Å². The van der Waals surface area contributed by atoms with Crippen molar-refractivity contribution in [3.8, 4) is 6.07 Å². The van der Waals surface area contributed by atoms with Crippen LogP contribution in [0.25, 0.3) is 0 Å². The van der Waals surface area contributed by atoms with Gasteiger partial charge in [-0.15, -0.1) is 0 Å². The zero-order chi connectivity index (χ0) is 14.1. The van der Waals surface area contributed by atoms with Crippen LogP contribution in [-0.2, 0) is 6.54 Å². The van der Waals surface area contributed by atoms with E-state index in [4.69, 9.17) is 5.26 Å². The SMILES string of the molecule is CC(C)N1CC2CCC(C1)N2Cc1cccc(C#N)c1. The summed E-state index contributed by atoms with van der Waals surface area (Å²) < 4.78 is 0. The maximum atomic E-state index is 9.01. The lowest BCUT2D eigenvalue weighted by Gasteiger charge is -2.42. The Labute approximate surface area is 121 Å². The van der Waals surface area contributed by atoms with Crippen molar-refractivity contribution >= 4 is 0 Å². The molecule has 2 aliphatic rings. The second kappa shape index (κ2) is 5.55. The lowest BCUT2D eigenvalue weighted by molar-refractivity contribution is 0.0442. The fourth-order valence-electron chi connectivity index (χ4n) is 3.65. The summed E-state index contributed by atoms with van der Waals surface area (Å²) in [6, 6.07) is 12.4. The van der Waals surface area contributed by atoms with Crippen LogP contribution in [0.4, 0.5) is 0 Å². The van der Waals surface area contributed by atoms with E-state index in [-0.39, 0.29) is 0 Å². The summed E-state index contributed by atoms with van der Waals surface area (Å²) in [6.07, 6.45) is 2.65. The first-order valence-electron chi connectivity index (χ1n) is 7.66. The maximum absolute atomic E-state index is 9.01. The van der Waals surface area contributed by atoms with E-state index in [1.165, 1.54) is 31.5 Å². The van der Waals surface area contributed by atoms with E-state index in [2.05, 4.69) is 35.8 Å². The Morgan fingerprint density at radius 2 is 1.95 bits per heavy atom. The van der Waals surface area contributed by atoms with Gasteiger partial charge in [-0.3, -0.25) is 9.80 Å². The van der Waals surface area contributed by atoms with Gasteiger partial charge in [0.15, 0.2) is 0 Å². The Balaban J connectivity index is 1.71. The largest absolute Gasteiger partial charge is 0.298 e. The smallest absolute Gasteiger partial charge is 0.0991 e. The molecule has 0 amide bonds. The van der Waals surface area contributed by atoms with E-state index in [0.29, 0.717) is 18.1 Å². The summed E-state index contributed by atoms with van der Waals surface area (Å²) in [6.45, 7) is 7.99. The van der Waals surface area contributed by atoms with Gasteiger partial charge in [-0.1, -0.05) is 12.1 Å². The Bertz CT molecular complexity index is 503. The standard InChI is InChI=1S/C17H23N3/c1-13(2)19-11-16-6-7-17(12-19)20(16)10-15-5-3-4-14(8-15)9-18/h3-5,8,13,16-17H,6-7,10-12H2,1-2H3. The number of piperazine rings is 1. The minimum Gasteiger partial charge on any atom is -0.298 e. The van der Waals surface area contributed by atoms with Gasteiger partial charge in [0.1, 0.15) is 0 Å². The van der Waals surface area contributed by atoms with Crippen molar-refractivity contribution < 1.29 is 0 Å². The van der Waals surface area contributed by atoms with Crippen LogP contribution in [0.5, 0.6) is 0 Å². The predicted molar refractivity (Wildman–Crippen MR) is 80.2 cm³/mol. The fraction of sp³-hybridized carbons (Fsp3) is 0.588. The van der Waals surface area contributed by atoms with Crippen molar-refractivity contribution in [2.75, 3.05) is 13.1 Å². The van der Waals surface area contributed by atoms with Gasteiger partial charge in [-0.25, -0.2) is 0 Å². The molecule has 0 aromatic heterocycles. The van der Waals surface area contributed by atoms with Crippen molar-refractivity contribution in [1.29, 1.82) is 5.26 Å². The molecule has 3 heteroatoms. The molecule has 2 aliphatic heterocycles. The molecule has 2 unspecified atom stereocenters. The van der Waals surface area contributed by atoms with Crippen LogP contribution >= 0.6 is 0 Å². The first kappa shape index (κ1) is 13.6. The molecule has 0 radical (unpaired) electrons. The highest BCUT2D eigenvalue weighted by Crippen LogP contribution is 2.32. The van der Waals surface area contributed by atoms with Gasteiger partial charge in [0.2, 0.25) is 0 Å². The summed E-state index contributed by atoms with van der Waals surface area (Å²) in [7, 11) is 0. The van der Waals surface area contributed by atoms with Gasteiger partial charge < -0.3 is 0 Å². The Kier molecular flexibility index (Phi) is 3.78.